The zero-order valence-electron chi connectivity index (χ0n) is 12.1. The van der Waals surface area contributed by atoms with E-state index in [1.54, 1.807) is 13.2 Å². The first-order chi connectivity index (χ1) is 9.91. The van der Waals surface area contributed by atoms with Crippen LogP contribution in [0.25, 0.3) is 0 Å². The number of hydrogen-bond acceptors (Lipinski definition) is 6. The minimum Gasteiger partial charge on any atom is -0.419 e. The Morgan fingerprint density at radius 2 is 1.90 bits per heavy atom. The third-order valence-corrected chi connectivity index (χ3v) is 2.74. The first-order valence-corrected chi connectivity index (χ1v) is 6.42. The maximum Gasteiger partial charge on any atom is 0.350 e. The van der Waals surface area contributed by atoms with Gasteiger partial charge < -0.3 is 19.5 Å². The lowest BCUT2D eigenvalue weighted by Gasteiger charge is -2.29. The molecular weight excluding hydrogens is 274 g/mol. The fourth-order valence-corrected chi connectivity index (χ4v) is 1.85. The molecule has 0 atom stereocenters. The first-order valence-electron chi connectivity index (χ1n) is 6.42. The van der Waals surface area contributed by atoms with E-state index < -0.39 is 17.7 Å². The van der Waals surface area contributed by atoms with E-state index in [4.69, 9.17) is 14.2 Å². The number of rotatable bonds is 4. The molecule has 0 bridgehead atoms. The topological polar surface area (TPSA) is 73.9 Å². The van der Waals surface area contributed by atoms with Crippen LogP contribution >= 0.6 is 0 Å². The highest BCUT2D eigenvalue weighted by Crippen LogP contribution is 2.22. The lowest BCUT2D eigenvalue weighted by molar-refractivity contribution is -0.222. The van der Waals surface area contributed by atoms with Gasteiger partial charge >= 0.3 is 11.9 Å². The van der Waals surface area contributed by atoms with Crippen molar-refractivity contribution in [2.24, 2.45) is 0 Å². The monoisotopic (exact) mass is 291 g/mol. The standard InChI is InChI=1S/C15H17NO5/c1-15(2)20-13(17)12(14(18)21-15)8-16-11-6-4-5-10(7-11)9-19-3/h4-8,16H,9H2,1-3H3. The maximum absolute atomic E-state index is 11.8. The van der Waals surface area contributed by atoms with Crippen LogP contribution in [0.15, 0.2) is 36.0 Å². The normalized spacial score (nSPS) is 17.0. The largest absolute Gasteiger partial charge is 0.419 e. The number of nitrogens with one attached hydrogen (secondary N) is 1. The van der Waals surface area contributed by atoms with Gasteiger partial charge in [-0.15, -0.1) is 0 Å². The van der Waals surface area contributed by atoms with E-state index in [1.807, 2.05) is 18.2 Å². The van der Waals surface area contributed by atoms with Crippen LogP contribution in [0.5, 0.6) is 0 Å². The summed E-state index contributed by atoms with van der Waals surface area (Å²) in [7, 11) is 1.61. The highest BCUT2D eigenvalue weighted by atomic mass is 16.7. The lowest BCUT2D eigenvalue weighted by Crippen LogP contribution is -2.42. The van der Waals surface area contributed by atoms with E-state index in [9.17, 15) is 9.59 Å². The SMILES string of the molecule is COCc1cccc(NC=C2C(=O)OC(C)(C)OC2=O)c1. The van der Waals surface area contributed by atoms with Gasteiger partial charge in [-0.1, -0.05) is 12.1 Å². The Balaban J connectivity index is 2.12. The van der Waals surface area contributed by atoms with Gasteiger partial charge in [-0.25, -0.2) is 9.59 Å². The van der Waals surface area contributed by atoms with Crippen molar-refractivity contribution in [3.8, 4) is 0 Å². The second-order valence-corrected chi connectivity index (χ2v) is 5.01. The molecule has 0 amide bonds. The molecule has 2 rings (SSSR count). The summed E-state index contributed by atoms with van der Waals surface area (Å²) in [5, 5.41) is 2.88. The number of anilines is 1. The van der Waals surface area contributed by atoms with Gasteiger partial charge in [-0.3, -0.25) is 0 Å². The Kier molecular flexibility index (Phi) is 4.28. The van der Waals surface area contributed by atoms with Crippen LogP contribution in [0.1, 0.15) is 19.4 Å². The predicted octanol–water partition coefficient (Wildman–Crippen LogP) is 1.96. The van der Waals surface area contributed by atoms with E-state index in [2.05, 4.69) is 5.32 Å². The van der Waals surface area contributed by atoms with Crippen molar-refractivity contribution in [3.63, 3.8) is 0 Å². The zero-order chi connectivity index (χ0) is 15.5. The summed E-state index contributed by atoms with van der Waals surface area (Å²) in [5.74, 6) is -2.65. The molecule has 1 aliphatic rings. The van der Waals surface area contributed by atoms with Crippen LogP contribution in [-0.2, 0) is 30.4 Å². The average molecular weight is 291 g/mol. The number of hydrogen-bond donors (Lipinski definition) is 1. The molecule has 112 valence electrons. The molecule has 1 N–H and O–H groups in total. The molecule has 1 fully saturated rings. The highest BCUT2D eigenvalue weighted by molar-refractivity contribution is 6.15. The Bertz CT molecular complexity index is 569. The number of ether oxygens (including phenoxy) is 3. The molecule has 1 aromatic rings. The summed E-state index contributed by atoms with van der Waals surface area (Å²) in [4.78, 5) is 23.5. The minimum atomic E-state index is -1.23. The van der Waals surface area contributed by atoms with Gasteiger partial charge in [0, 0.05) is 32.8 Å². The molecule has 0 aliphatic carbocycles. The van der Waals surface area contributed by atoms with E-state index in [0.29, 0.717) is 6.61 Å². The lowest BCUT2D eigenvalue weighted by atomic mass is 10.2. The molecule has 0 aromatic heterocycles. The fraction of sp³-hybridized carbons (Fsp3) is 0.333. The second-order valence-electron chi connectivity index (χ2n) is 5.01. The van der Waals surface area contributed by atoms with Crippen molar-refractivity contribution in [3.05, 3.63) is 41.6 Å². The van der Waals surface area contributed by atoms with Gasteiger partial charge in [0.2, 0.25) is 0 Å². The summed E-state index contributed by atoms with van der Waals surface area (Å²) >= 11 is 0. The first kappa shape index (κ1) is 15.1. The summed E-state index contributed by atoms with van der Waals surface area (Å²) in [5.41, 5.74) is 1.52. The van der Waals surface area contributed by atoms with Gasteiger partial charge in [-0.05, 0) is 17.7 Å². The van der Waals surface area contributed by atoms with E-state index >= 15 is 0 Å². The molecule has 6 heteroatoms. The average Bonchev–Trinajstić information content (AvgIpc) is 2.37. The van der Waals surface area contributed by atoms with Gasteiger partial charge in [0.25, 0.3) is 5.79 Å². The van der Waals surface area contributed by atoms with Crippen LogP contribution in [0.4, 0.5) is 5.69 Å². The molecule has 0 spiro atoms. The van der Waals surface area contributed by atoms with E-state index in [0.717, 1.165) is 11.3 Å². The van der Waals surface area contributed by atoms with Crippen molar-refractivity contribution >= 4 is 17.6 Å². The Hall–Kier alpha value is -2.34. The summed E-state index contributed by atoms with van der Waals surface area (Å²) in [6.07, 6.45) is 1.28. The zero-order valence-corrected chi connectivity index (χ0v) is 12.1. The number of carbonyl (C=O) groups is 2. The van der Waals surface area contributed by atoms with E-state index in [1.165, 1.54) is 20.0 Å². The van der Waals surface area contributed by atoms with Crippen molar-refractivity contribution in [2.45, 2.75) is 26.2 Å². The van der Waals surface area contributed by atoms with Crippen molar-refractivity contribution in [1.82, 2.24) is 0 Å². The summed E-state index contributed by atoms with van der Waals surface area (Å²) in [6, 6.07) is 7.41. The van der Waals surface area contributed by atoms with Crippen molar-refractivity contribution < 1.29 is 23.8 Å². The molecule has 21 heavy (non-hydrogen) atoms. The van der Waals surface area contributed by atoms with Crippen LogP contribution in [0.2, 0.25) is 0 Å². The minimum absolute atomic E-state index is 0.175. The predicted molar refractivity (Wildman–Crippen MR) is 75.1 cm³/mol. The third-order valence-electron chi connectivity index (χ3n) is 2.74. The Morgan fingerprint density at radius 1 is 1.24 bits per heavy atom. The van der Waals surface area contributed by atoms with Gasteiger partial charge in [0.15, 0.2) is 5.57 Å². The van der Waals surface area contributed by atoms with Crippen LogP contribution in [-0.4, -0.2) is 24.8 Å². The van der Waals surface area contributed by atoms with Crippen molar-refractivity contribution in [2.75, 3.05) is 12.4 Å². The molecule has 1 aliphatic heterocycles. The van der Waals surface area contributed by atoms with E-state index in [-0.39, 0.29) is 5.57 Å². The quantitative estimate of drug-likeness (QED) is 0.519. The number of benzene rings is 1. The smallest absolute Gasteiger partial charge is 0.350 e. The highest BCUT2D eigenvalue weighted by Gasteiger charge is 2.38. The fourth-order valence-electron chi connectivity index (χ4n) is 1.85. The number of methoxy groups -OCH3 is 1. The van der Waals surface area contributed by atoms with Gasteiger partial charge in [0.05, 0.1) is 6.61 Å². The second kappa shape index (κ2) is 5.97. The molecule has 0 radical (unpaired) electrons. The molecule has 1 aromatic carbocycles. The third kappa shape index (κ3) is 3.82. The van der Waals surface area contributed by atoms with Crippen LogP contribution < -0.4 is 5.32 Å². The summed E-state index contributed by atoms with van der Waals surface area (Å²) < 4.78 is 15.0. The number of carbonyl (C=O) groups excluding carboxylic acids is 2. The molecule has 0 saturated carbocycles. The van der Waals surface area contributed by atoms with Crippen LogP contribution in [0.3, 0.4) is 0 Å². The molecular formula is C15H17NO5. The maximum atomic E-state index is 11.8. The Labute approximate surface area is 122 Å². The van der Waals surface area contributed by atoms with Crippen LogP contribution in [0, 0.1) is 0 Å². The molecule has 1 saturated heterocycles. The number of cyclic esters (lactones) is 2. The van der Waals surface area contributed by atoms with Crippen molar-refractivity contribution in [1.29, 1.82) is 0 Å². The molecule has 1 heterocycles. The Morgan fingerprint density at radius 3 is 2.52 bits per heavy atom. The summed E-state index contributed by atoms with van der Waals surface area (Å²) in [6.45, 7) is 3.48. The van der Waals surface area contributed by atoms with Gasteiger partial charge in [-0.2, -0.15) is 0 Å². The number of esters is 2. The molecule has 6 nitrogen and oxygen atoms in total. The molecule has 0 unspecified atom stereocenters. The van der Waals surface area contributed by atoms with Gasteiger partial charge in [0.1, 0.15) is 0 Å².